The molecule has 0 aliphatic heterocycles. The smallest absolute Gasteiger partial charge is 0.338 e. The molecule has 162 valence electrons. The number of sulfonamides is 1. The largest absolute Gasteiger partial charge is 0.469 e. The molecular formula is C20H31NO6SSi. The number of benzene rings is 1. The Morgan fingerprint density at radius 1 is 1.14 bits per heavy atom. The average molecular weight is 442 g/mol. The highest BCUT2D eigenvalue weighted by molar-refractivity contribution is 7.89. The molecule has 2 rings (SSSR count). The topological polar surface area (TPSA) is 98.8 Å². The van der Waals surface area contributed by atoms with E-state index in [4.69, 9.17) is 9.47 Å². The molecule has 1 fully saturated rings. The molecule has 1 aliphatic carbocycles. The summed E-state index contributed by atoms with van der Waals surface area (Å²) in [4.78, 5) is 23.9. The third-order valence-electron chi connectivity index (χ3n) is 5.05. The van der Waals surface area contributed by atoms with Gasteiger partial charge in [0.05, 0.1) is 30.1 Å². The van der Waals surface area contributed by atoms with Crippen molar-refractivity contribution in [1.82, 2.24) is 4.72 Å². The van der Waals surface area contributed by atoms with Crippen LogP contribution in [0.3, 0.4) is 0 Å². The van der Waals surface area contributed by atoms with E-state index in [1.165, 1.54) is 25.3 Å². The van der Waals surface area contributed by atoms with Crippen molar-refractivity contribution in [3.8, 4) is 0 Å². The predicted octanol–water partition coefficient (Wildman–Crippen LogP) is 3.19. The van der Waals surface area contributed by atoms with Gasteiger partial charge in [-0.05, 0) is 49.9 Å². The molecule has 9 heteroatoms. The fourth-order valence-electron chi connectivity index (χ4n) is 3.22. The lowest BCUT2D eigenvalue weighted by molar-refractivity contribution is -0.146. The van der Waals surface area contributed by atoms with Crippen molar-refractivity contribution < 1.29 is 27.5 Å². The standard InChI is InChI=1S/C20H31NO6SSi/c1-26-19(22)15-8-10-17(11-9-15)21-28(24,25)18-7-5-6-16(14-18)20(23)27-12-13-29(2,3)4/h5-7,14-15,17,21H,8-13H2,1-4H3. The molecule has 0 spiro atoms. The summed E-state index contributed by atoms with van der Waals surface area (Å²) in [7, 11) is -3.73. The minimum atomic E-state index is -3.77. The van der Waals surface area contributed by atoms with Crippen LogP contribution >= 0.6 is 0 Å². The number of rotatable bonds is 8. The number of methoxy groups -OCH3 is 1. The van der Waals surface area contributed by atoms with Crippen molar-refractivity contribution in [2.45, 2.75) is 62.3 Å². The van der Waals surface area contributed by atoms with Crippen LogP contribution < -0.4 is 4.72 Å². The van der Waals surface area contributed by atoms with Gasteiger partial charge in [0, 0.05) is 14.1 Å². The first-order chi connectivity index (χ1) is 13.5. The summed E-state index contributed by atoms with van der Waals surface area (Å²) in [6.07, 6.45) is 2.31. The maximum absolute atomic E-state index is 12.7. The maximum atomic E-state index is 12.7. The minimum absolute atomic E-state index is 0.0345. The number of hydrogen-bond acceptors (Lipinski definition) is 6. The SMILES string of the molecule is COC(=O)C1CCC(NS(=O)(=O)c2cccc(C(=O)OCC[Si](C)(C)C)c2)CC1. The van der Waals surface area contributed by atoms with Crippen LogP contribution in [-0.4, -0.2) is 48.2 Å². The van der Waals surface area contributed by atoms with Gasteiger partial charge in [0.2, 0.25) is 10.0 Å². The summed E-state index contributed by atoms with van der Waals surface area (Å²) in [5, 5.41) is 0. The second kappa shape index (κ2) is 9.86. The summed E-state index contributed by atoms with van der Waals surface area (Å²) in [6.45, 7) is 6.92. The van der Waals surface area contributed by atoms with Gasteiger partial charge in [-0.15, -0.1) is 0 Å². The first kappa shape index (κ1) is 23.6. The van der Waals surface area contributed by atoms with Gasteiger partial charge in [0.15, 0.2) is 0 Å². The van der Waals surface area contributed by atoms with E-state index in [-0.39, 0.29) is 28.4 Å². The highest BCUT2D eigenvalue weighted by Gasteiger charge is 2.29. The molecule has 1 aliphatic rings. The summed E-state index contributed by atoms with van der Waals surface area (Å²) in [5.74, 6) is -0.930. The van der Waals surface area contributed by atoms with Crippen molar-refractivity contribution in [2.24, 2.45) is 5.92 Å². The molecule has 1 N–H and O–H groups in total. The maximum Gasteiger partial charge on any atom is 0.338 e. The molecule has 1 aromatic carbocycles. The van der Waals surface area contributed by atoms with Crippen LogP contribution in [0.2, 0.25) is 25.7 Å². The summed E-state index contributed by atoms with van der Waals surface area (Å²) in [6, 6.07) is 6.51. The van der Waals surface area contributed by atoms with Gasteiger partial charge in [-0.25, -0.2) is 17.9 Å². The molecule has 1 aromatic rings. The molecule has 0 atom stereocenters. The molecule has 7 nitrogen and oxygen atoms in total. The number of esters is 2. The van der Waals surface area contributed by atoms with Crippen molar-refractivity contribution in [2.75, 3.05) is 13.7 Å². The molecule has 29 heavy (non-hydrogen) atoms. The zero-order chi connectivity index (χ0) is 21.7. The molecule has 0 radical (unpaired) electrons. The van der Waals surface area contributed by atoms with Gasteiger partial charge in [-0.2, -0.15) is 0 Å². The number of ether oxygens (including phenoxy) is 2. The number of hydrogen-bond donors (Lipinski definition) is 1. The van der Waals surface area contributed by atoms with E-state index < -0.39 is 24.1 Å². The van der Waals surface area contributed by atoms with Gasteiger partial charge in [0.1, 0.15) is 0 Å². The zero-order valence-electron chi connectivity index (χ0n) is 17.6. The summed E-state index contributed by atoms with van der Waals surface area (Å²) < 4.78 is 38.2. The zero-order valence-corrected chi connectivity index (χ0v) is 19.4. The molecule has 1 saturated carbocycles. The first-order valence-electron chi connectivity index (χ1n) is 9.89. The van der Waals surface area contributed by atoms with Crippen molar-refractivity contribution in [3.63, 3.8) is 0 Å². The second-order valence-electron chi connectivity index (χ2n) is 8.67. The van der Waals surface area contributed by atoms with Gasteiger partial charge in [-0.1, -0.05) is 25.7 Å². The van der Waals surface area contributed by atoms with Crippen LogP contribution in [0, 0.1) is 5.92 Å². The van der Waals surface area contributed by atoms with Crippen LogP contribution in [0.4, 0.5) is 0 Å². The molecule has 0 bridgehead atoms. The quantitative estimate of drug-likeness (QED) is 0.491. The van der Waals surface area contributed by atoms with Crippen molar-refractivity contribution in [1.29, 1.82) is 0 Å². The number of nitrogens with one attached hydrogen (secondary N) is 1. The molecular weight excluding hydrogens is 410 g/mol. The highest BCUT2D eigenvalue weighted by atomic mass is 32.2. The van der Waals surface area contributed by atoms with E-state index in [1.54, 1.807) is 6.07 Å². The lowest BCUT2D eigenvalue weighted by Gasteiger charge is -2.27. The van der Waals surface area contributed by atoms with E-state index >= 15 is 0 Å². The van der Waals surface area contributed by atoms with Gasteiger partial charge in [-0.3, -0.25) is 4.79 Å². The fourth-order valence-corrected chi connectivity index (χ4v) is 5.29. The normalized spacial score (nSPS) is 20.1. The van der Waals surface area contributed by atoms with Crippen LogP contribution in [-0.2, 0) is 24.3 Å². The van der Waals surface area contributed by atoms with E-state index in [0.29, 0.717) is 32.3 Å². The Kier molecular flexibility index (Phi) is 8.01. The Bertz CT molecular complexity index is 826. The molecule has 0 unspecified atom stereocenters. The van der Waals surface area contributed by atoms with E-state index in [0.717, 1.165) is 6.04 Å². The minimum Gasteiger partial charge on any atom is -0.469 e. The number of carbonyl (C=O) groups excluding carboxylic acids is 2. The molecule has 0 amide bonds. The first-order valence-corrected chi connectivity index (χ1v) is 15.1. The molecule has 0 heterocycles. The van der Waals surface area contributed by atoms with Crippen LogP contribution in [0.25, 0.3) is 0 Å². The third-order valence-corrected chi connectivity index (χ3v) is 8.27. The lowest BCUT2D eigenvalue weighted by Crippen LogP contribution is -2.38. The fraction of sp³-hybridized carbons (Fsp3) is 0.600. The monoisotopic (exact) mass is 441 g/mol. The predicted molar refractivity (Wildman–Crippen MR) is 113 cm³/mol. The average Bonchev–Trinajstić information content (AvgIpc) is 2.66. The van der Waals surface area contributed by atoms with E-state index in [9.17, 15) is 18.0 Å². The summed E-state index contributed by atoms with van der Waals surface area (Å²) >= 11 is 0. The Morgan fingerprint density at radius 3 is 2.38 bits per heavy atom. The Balaban J connectivity index is 1.98. The molecule has 0 saturated heterocycles. The van der Waals surface area contributed by atoms with Crippen LogP contribution in [0.1, 0.15) is 36.0 Å². The third kappa shape index (κ3) is 7.24. The van der Waals surface area contributed by atoms with Crippen molar-refractivity contribution >= 4 is 30.0 Å². The number of carbonyl (C=O) groups is 2. The van der Waals surface area contributed by atoms with E-state index in [1.807, 2.05) is 0 Å². The summed E-state index contributed by atoms with van der Waals surface area (Å²) in [5.41, 5.74) is 0.220. The second-order valence-corrected chi connectivity index (χ2v) is 16.0. The van der Waals surface area contributed by atoms with E-state index in [2.05, 4.69) is 24.4 Å². The van der Waals surface area contributed by atoms with Gasteiger partial charge < -0.3 is 9.47 Å². The Morgan fingerprint density at radius 2 is 1.79 bits per heavy atom. The molecule has 0 aromatic heterocycles. The van der Waals surface area contributed by atoms with Crippen LogP contribution in [0.15, 0.2) is 29.2 Å². The Hall–Kier alpha value is -1.71. The Labute approximate surface area is 174 Å². The van der Waals surface area contributed by atoms with Crippen LogP contribution in [0.5, 0.6) is 0 Å². The van der Waals surface area contributed by atoms with Gasteiger partial charge >= 0.3 is 11.9 Å². The van der Waals surface area contributed by atoms with Gasteiger partial charge in [0.25, 0.3) is 0 Å². The lowest BCUT2D eigenvalue weighted by atomic mass is 9.86. The highest BCUT2D eigenvalue weighted by Crippen LogP contribution is 2.26. The van der Waals surface area contributed by atoms with Crippen molar-refractivity contribution in [3.05, 3.63) is 29.8 Å².